The number of hydrogen-bond acceptors (Lipinski definition) is 2. The first-order chi connectivity index (χ1) is 11.1. The molecule has 1 saturated heterocycles. The molecule has 2 aromatic carbocycles. The molecule has 118 valence electrons. The first kappa shape index (κ1) is 15.0. The highest BCUT2D eigenvalue weighted by molar-refractivity contribution is 5.96. The van der Waals surface area contributed by atoms with Crippen molar-refractivity contribution in [3.8, 4) is 0 Å². The molecule has 0 bridgehead atoms. The minimum atomic E-state index is -0.329. The molecule has 3 rings (SSSR count). The van der Waals surface area contributed by atoms with Crippen molar-refractivity contribution in [2.45, 2.75) is 6.54 Å². The first-order valence-electron chi connectivity index (χ1n) is 7.31. The van der Waals surface area contributed by atoms with Gasteiger partial charge in [-0.25, -0.2) is 9.18 Å². The lowest BCUT2D eigenvalue weighted by molar-refractivity contribution is 0.0951. The van der Waals surface area contributed by atoms with Crippen molar-refractivity contribution >= 4 is 17.6 Å². The van der Waals surface area contributed by atoms with Crippen LogP contribution in [0.15, 0.2) is 48.5 Å². The standard InChI is InChI=1S/C17H16FN3O2/c18-14-3-1-2-12(10-14)11-20-16(22)13-4-6-15(7-5-13)21-9-8-19-17(21)23/h1-7,10H,8-9,11H2,(H,19,23)(H,20,22). The van der Waals surface area contributed by atoms with Crippen LogP contribution >= 0.6 is 0 Å². The lowest BCUT2D eigenvalue weighted by Crippen LogP contribution is -2.27. The van der Waals surface area contributed by atoms with Crippen LogP contribution in [0, 0.1) is 5.82 Å². The SMILES string of the molecule is O=C(NCc1cccc(F)c1)c1ccc(N2CCNC2=O)cc1. The lowest BCUT2D eigenvalue weighted by atomic mass is 10.1. The molecule has 0 aliphatic carbocycles. The number of anilines is 1. The normalized spacial score (nSPS) is 13.8. The van der Waals surface area contributed by atoms with Gasteiger partial charge in [-0.05, 0) is 42.0 Å². The summed E-state index contributed by atoms with van der Waals surface area (Å²) in [5.41, 5.74) is 1.94. The third-order valence-corrected chi connectivity index (χ3v) is 3.64. The Morgan fingerprint density at radius 1 is 1.22 bits per heavy atom. The van der Waals surface area contributed by atoms with E-state index in [-0.39, 0.29) is 24.3 Å². The van der Waals surface area contributed by atoms with Crippen molar-refractivity contribution < 1.29 is 14.0 Å². The molecule has 3 amide bonds. The van der Waals surface area contributed by atoms with E-state index in [4.69, 9.17) is 0 Å². The highest BCUT2D eigenvalue weighted by atomic mass is 19.1. The van der Waals surface area contributed by atoms with E-state index < -0.39 is 0 Å². The molecule has 6 heteroatoms. The number of benzene rings is 2. The number of halogens is 1. The van der Waals surface area contributed by atoms with Crippen molar-refractivity contribution in [2.75, 3.05) is 18.0 Å². The smallest absolute Gasteiger partial charge is 0.321 e. The van der Waals surface area contributed by atoms with Gasteiger partial charge in [0, 0.05) is 30.9 Å². The van der Waals surface area contributed by atoms with Crippen LogP contribution < -0.4 is 15.5 Å². The first-order valence-corrected chi connectivity index (χ1v) is 7.31. The zero-order valence-corrected chi connectivity index (χ0v) is 12.4. The van der Waals surface area contributed by atoms with Crippen LogP contribution in [0.2, 0.25) is 0 Å². The van der Waals surface area contributed by atoms with Gasteiger partial charge in [0.05, 0.1) is 0 Å². The third-order valence-electron chi connectivity index (χ3n) is 3.64. The Morgan fingerprint density at radius 2 is 2.00 bits per heavy atom. The van der Waals surface area contributed by atoms with Gasteiger partial charge in [0.2, 0.25) is 0 Å². The molecule has 23 heavy (non-hydrogen) atoms. The number of hydrogen-bond donors (Lipinski definition) is 2. The summed E-state index contributed by atoms with van der Waals surface area (Å²) < 4.78 is 13.1. The molecule has 0 radical (unpaired) electrons. The van der Waals surface area contributed by atoms with Crippen molar-refractivity contribution in [1.82, 2.24) is 10.6 Å². The summed E-state index contributed by atoms with van der Waals surface area (Å²) in [4.78, 5) is 25.3. The molecule has 2 N–H and O–H groups in total. The average Bonchev–Trinajstić information content (AvgIpc) is 2.99. The Balaban J connectivity index is 1.62. The number of nitrogens with zero attached hydrogens (tertiary/aromatic N) is 1. The molecule has 1 fully saturated rings. The Morgan fingerprint density at radius 3 is 2.65 bits per heavy atom. The summed E-state index contributed by atoms with van der Waals surface area (Å²) in [5.74, 6) is -0.573. The van der Waals surface area contributed by atoms with Crippen LogP contribution in [0.1, 0.15) is 15.9 Å². The molecule has 0 spiro atoms. The zero-order valence-electron chi connectivity index (χ0n) is 12.4. The minimum Gasteiger partial charge on any atom is -0.348 e. The van der Waals surface area contributed by atoms with Crippen LogP contribution in [-0.4, -0.2) is 25.0 Å². The molecule has 1 aliphatic heterocycles. The predicted molar refractivity (Wildman–Crippen MR) is 84.8 cm³/mol. The second-order valence-corrected chi connectivity index (χ2v) is 5.24. The fraction of sp³-hybridized carbons (Fsp3) is 0.176. The highest BCUT2D eigenvalue weighted by Crippen LogP contribution is 2.17. The maximum Gasteiger partial charge on any atom is 0.321 e. The third kappa shape index (κ3) is 3.48. The molecule has 2 aromatic rings. The van der Waals surface area contributed by atoms with Gasteiger partial charge >= 0.3 is 6.03 Å². The van der Waals surface area contributed by atoms with E-state index in [1.165, 1.54) is 12.1 Å². The fourth-order valence-corrected chi connectivity index (χ4v) is 2.44. The molecule has 1 heterocycles. The van der Waals surface area contributed by atoms with Gasteiger partial charge in [0.15, 0.2) is 0 Å². The van der Waals surface area contributed by atoms with E-state index in [0.29, 0.717) is 24.2 Å². The van der Waals surface area contributed by atoms with Gasteiger partial charge in [-0.1, -0.05) is 12.1 Å². The molecule has 1 aliphatic rings. The van der Waals surface area contributed by atoms with Gasteiger partial charge in [-0.15, -0.1) is 0 Å². The van der Waals surface area contributed by atoms with E-state index >= 15 is 0 Å². The Bertz CT molecular complexity index is 731. The van der Waals surface area contributed by atoms with E-state index in [1.54, 1.807) is 41.3 Å². The molecule has 0 aromatic heterocycles. The van der Waals surface area contributed by atoms with Gasteiger partial charge in [0.25, 0.3) is 5.91 Å². The van der Waals surface area contributed by atoms with Crippen molar-refractivity contribution in [1.29, 1.82) is 0 Å². The fourth-order valence-electron chi connectivity index (χ4n) is 2.44. The quantitative estimate of drug-likeness (QED) is 0.910. The summed E-state index contributed by atoms with van der Waals surface area (Å²) >= 11 is 0. The average molecular weight is 313 g/mol. The molecular formula is C17H16FN3O2. The van der Waals surface area contributed by atoms with E-state index in [9.17, 15) is 14.0 Å². The van der Waals surface area contributed by atoms with Crippen LogP contribution in [0.4, 0.5) is 14.9 Å². The van der Waals surface area contributed by atoms with Crippen LogP contribution in [-0.2, 0) is 6.54 Å². The number of amides is 3. The molecule has 0 atom stereocenters. The zero-order chi connectivity index (χ0) is 16.2. The van der Waals surface area contributed by atoms with Crippen molar-refractivity contribution in [2.24, 2.45) is 0 Å². The Kier molecular flexibility index (Phi) is 4.23. The van der Waals surface area contributed by atoms with E-state index in [0.717, 1.165) is 5.69 Å². The second-order valence-electron chi connectivity index (χ2n) is 5.24. The Hall–Kier alpha value is -2.89. The maximum absolute atomic E-state index is 13.1. The number of urea groups is 1. The number of carbonyl (C=O) groups is 2. The van der Waals surface area contributed by atoms with Gasteiger partial charge in [0.1, 0.15) is 5.82 Å². The van der Waals surface area contributed by atoms with Gasteiger partial charge < -0.3 is 10.6 Å². The van der Waals surface area contributed by atoms with Crippen molar-refractivity contribution in [3.63, 3.8) is 0 Å². The number of nitrogens with one attached hydrogen (secondary N) is 2. The summed E-state index contributed by atoms with van der Waals surface area (Å²) in [5, 5.41) is 5.47. The van der Waals surface area contributed by atoms with E-state index in [1.807, 2.05) is 0 Å². The second kappa shape index (κ2) is 6.48. The van der Waals surface area contributed by atoms with Crippen LogP contribution in [0.25, 0.3) is 0 Å². The molecule has 5 nitrogen and oxygen atoms in total. The highest BCUT2D eigenvalue weighted by Gasteiger charge is 2.21. The molecule has 0 unspecified atom stereocenters. The molecular weight excluding hydrogens is 297 g/mol. The maximum atomic E-state index is 13.1. The number of rotatable bonds is 4. The van der Waals surface area contributed by atoms with Crippen molar-refractivity contribution in [3.05, 3.63) is 65.5 Å². The topological polar surface area (TPSA) is 61.4 Å². The summed E-state index contributed by atoms with van der Waals surface area (Å²) in [7, 11) is 0. The van der Waals surface area contributed by atoms with Crippen LogP contribution in [0.5, 0.6) is 0 Å². The lowest BCUT2D eigenvalue weighted by Gasteiger charge is -2.14. The summed E-state index contributed by atoms with van der Waals surface area (Å²) in [6, 6.07) is 12.8. The summed E-state index contributed by atoms with van der Waals surface area (Å²) in [6.45, 7) is 1.49. The predicted octanol–water partition coefficient (Wildman–Crippen LogP) is 2.29. The van der Waals surface area contributed by atoms with Gasteiger partial charge in [-0.3, -0.25) is 9.69 Å². The summed E-state index contributed by atoms with van der Waals surface area (Å²) in [6.07, 6.45) is 0. The Labute approximate surface area is 133 Å². The monoisotopic (exact) mass is 313 g/mol. The van der Waals surface area contributed by atoms with Crippen LogP contribution in [0.3, 0.4) is 0 Å². The van der Waals surface area contributed by atoms with Gasteiger partial charge in [-0.2, -0.15) is 0 Å². The number of carbonyl (C=O) groups excluding carboxylic acids is 2. The largest absolute Gasteiger partial charge is 0.348 e. The molecule has 0 saturated carbocycles. The van der Waals surface area contributed by atoms with E-state index in [2.05, 4.69) is 10.6 Å². The minimum absolute atomic E-state index is 0.131.